The molecule has 0 spiro atoms. The van der Waals surface area contributed by atoms with E-state index in [0.717, 1.165) is 11.3 Å². The number of sulfone groups is 1. The third kappa shape index (κ3) is 3.57. The summed E-state index contributed by atoms with van der Waals surface area (Å²) in [6, 6.07) is 9.86. The van der Waals surface area contributed by atoms with Crippen molar-refractivity contribution in [3.63, 3.8) is 0 Å². The van der Waals surface area contributed by atoms with Crippen LogP contribution in [0.15, 0.2) is 58.5 Å². The summed E-state index contributed by atoms with van der Waals surface area (Å²) < 4.78 is 76.6. The minimum atomic E-state index is -4.63. The van der Waals surface area contributed by atoms with Crippen molar-refractivity contribution >= 4 is 21.2 Å². The SMILES string of the molecule is CS(=O)(=O)c1ccc(N2N=C(C(F)(F)F)CC2c2ccccc2F)cc1. The average molecular weight is 386 g/mol. The number of hydrogen-bond acceptors (Lipinski definition) is 4. The minimum Gasteiger partial charge on any atom is -0.257 e. The van der Waals surface area contributed by atoms with E-state index >= 15 is 0 Å². The maximum atomic E-state index is 14.1. The van der Waals surface area contributed by atoms with Gasteiger partial charge in [0, 0.05) is 18.2 Å². The van der Waals surface area contributed by atoms with E-state index in [0.29, 0.717) is 0 Å². The molecule has 0 amide bonds. The summed E-state index contributed by atoms with van der Waals surface area (Å²) in [6.45, 7) is 0. The Bertz CT molecular complexity index is 953. The quantitative estimate of drug-likeness (QED) is 0.747. The molecule has 0 aromatic heterocycles. The van der Waals surface area contributed by atoms with Gasteiger partial charge in [0.2, 0.25) is 0 Å². The standard InChI is InChI=1S/C17H14F4N2O2S/c1-26(24,25)12-8-6-11(7-9-12)23-15(10-16(22-23)17(19,20)21)13-4-2-3-5-14(13)18/h2-9,15H,10H2,1H3. The molecule has 4 nitrogen and oxygen atoms in total. The molecule has 0 saturated carbocycles. The topological polar surface area (TPSA) is 49.7 Å². The maximum absolute atomic E-state index is 14.1. The average Bonchev–Trinajstić information content (AvgIpc) is 3.00. The normalized spacial score (nSPS) is 18.1. The lowest BCUT2D eigenvalue weighted by Crippen LogP contribution is -2.22. The van der Waals surface area contributed by atoms with Crippen molar-refractivity contribution < 1.29 is 26.0 Å². The fraction of sp³-hybridized carbons (Fsp3) is 0.235. The maximum Gasteiger partial charge on any atom is 0.431 e. The first-order chi connectivity index (χ1) is 12.1. The molecule has 0 bridgehead atoms. The summed E-state index contributed by atoms with van der Waals surface area (Å²) in [5.74, 6) is -0.631. The third-order valence-corrected chi connectivity index (χ3v) is 5.16. The number of benzene rings is 2. The van der Waals surface area contributed by atoms with Crippen LogP contribution >= 0.6 is 0 Å². The van der Waals surface area contributed by atoms with Gasteiger partial charge in [0.1, 0.15) is 11.5 Å². The van der Waals surface area contributed by atoms with Crippen LogP contribution < -0.4 is 5.01 Å². The molecule has 0 N–H and O–H groups in total. The van der Waals surface area contributed by atoms with Gasteiger partial charge >= 0.3 is 6.18 Å². The summed E-state index contributed by atoms with van der Waals surface area (Å²) in [5, 5.41) is 4.71. The number of nitrogens with zero attached hydrogens (tertiary/aromatic N) is 2. The molecule has 138 valence electrons. The van der Waals surface area contributed by atoms with Gasteiger partial charge in [-0.2, -0.15) is 18.3 Å². The lowest BCUT2D eigenvalue weighted by atomic mass is 10.0. The Hall–Kier alpha value is -2.42. The van der Waals surface area contributed by atoms with Crippen molar-refractivity contribution in [3.05, 3.63) is 59.9 Å². The van der Waals surface area contributed by atoms with Crippen LogP contribution in [0.5, 0.6) is 0 Å². The van der Waals surface area contributed by atoms with Crippen LogP contribution in [-0.4, -0.2) is 26.6 Å². The van der Waals surface area contributed by atoms with E-state index < -0.39 is 40.0 Å². The minimum absolute atomic E-state index is 0.0305. The van der Waals surface area contributed by atoms with E-state index in [2.05, 4.69) is 5.10 Å². The summed E-state index contributed by atoms with van der Waals surface area (Å²) in [5.41, 5.74) is -0.689. The van der Waals surface area contributed by atoms with Crippen molar-refractivity contribution in [3.8, 4) is 0 Å². The van der Waals surface area contributed by atoms with Gasteiger partial charge < -0.3 is 0 Å². The smallest absolute Gasteiger partial charge is 0.257 e. The Morgan fingerprint density at radius 1 is 1.08 bits per heavy atom. The number of alkyl halides is 3. The number of halogens is 4. The molecule has 9 heteroatoms. The highest BCUT2D eigenvalue weighted by Gasteiger charge is 2.44. The van der Waals surface area contributed by atoms with E-state index in [-0.39, 0.29) is 16.1 Å². The molecule has 3 rings (SSSR count). The molecule has 1 heterocycles. The van der Waals surface area contributed by atoms with Crippen LogP contribution in [0.1, 0.15) is 18.0 Å². The van der Waals surface area contributed by atoms with Gasteiger partial charge in [0.25, 0.3) is 0 Å². The molecule has 0 radical (unpaired) electrons. The van der Waals surface area contributed by atoms with Crippen molar-refractivity contribution in [2.24, 2.45) is 5.10 Å². The predicted octanol–water partition coefficient (Wildman–Crippen LogP) is 4.10. The van der Waals surface area contributed by atoms with Crippen molar-refractivity contribution in [2.45, 2.75) is 23.5 Å². The first kappa shape index (κ1) is 18.4. The van der Waals surface area contributed by atoms with Crippen LogP contribution in [0, 0.1) is 5.82 Å². The van der Waals surface area contributed by atoms with E-state index in [1.807, 2.05) is 0 Å². The number of anilines is 1. The highest BCUT2D eigenvalue weighted by Crippen LogP contribution is 2.40. The van der Waals surface area contributed by atoms with Gasteiger partial charge in [-0.3, -0.25) is 5.01 Å². The van der Waals surface area contributed by atoms with Gasteiger partial charge in [-0.1, -0.05) is 18.2 Å². The third-order valence-electron chi connectivity index (χ3n) is 4.03. The van der Waals surface area contributed by atoms with Crippen LogP contribution in [0.4, 0.5) is 23.2 Å². The number of hydrazone groups is 1. The largest absolute Gasteiger partial charge is 0.431 e. The van der Waals surface area contributed by atoms with E-state index in [9.17, 15) is 26.0 Å². The molecule has 1 unspecified atom stereocenters. The van der Waals surface area contributed by atoms with Gasteiger partial charge in [0.15, 0.2) is 9.84 Å². The molecular weight excluding hydrogens is 372 g/mol. The molecule has 2 aromatic carbocycles. The van der Waals surface area contributed by atoms with Crippen molar-refractivity contribution in [1.82, 2.24) is 0 Å². The molecule has 26 heavy (non-hydrogen) atoms. The zero-order valence-corrected chi connectivity index (χ0v) is 14.4. The van der Waals surface area contributed by atoms with Crippen molar-refractivity contribution in [2.75, 3.05) is 11.3 Å². The molecular formula is C17H14F4N2O2S. The predicted molar refractivity (Wildman–Crippen MR) is 89.3 cm³/mol. The van der Waals surface area contributed by atoms with E-state index in [1.54, 1.807) is 0 Å². The lowest BCUT2D eigenvalue weighted by Gasteiger charge is -2.24. The molecule has 0 fully saturated rings. The summed E-state index contributed by atoms with van der Waals surface area (Å²) in [7, 11) is -3.44. The highest BCUT2D eigenvalue weighted by atomic mass is 32.2. The Morgan fingerprint density at radius 3 is 2.23 bits per heavy atom. The first-order valence-electron chi connectivity index (χ1n) is 7.56. The molecule has 1 atom stereocenters. The van der Waals surface area contributed by atoms with Gasteiger partial charge in [0.05, 0.1) is 16.6 Å². The Balaban J connectivity index is 2.05. The summed E-state index contributed by atoms with van der Waals surface area (Å²) >= 11 is 0. The molecule has 1 aliphatic rings. The Morgan fingerprint density at radius 2 is 1.69 bits per heavy atom. The van der Waals surface area contributed by atoms with E-state index in [1.165, 1.54) is 48.5 Å². The second kappa shape index (κ2) is 6.39. The second-order valence-electron chi connectivity index (χ2n) is 5.90. The Kier molecular flexibility index (Phi) is 4.51. The van der Waals surface area contributed by atoms with Crippen LogP contribution in [0.25, 0.3) is 0 Å². The van der Waals surface area contributed by atoms with Gasteiger partial charge in [-0.05, 0) is 30.3 Å². The molecule has 0 saturated heterocycles. The Labute approximate surface area is 147 Å². The van der Waals surface area contributed by atoms with Crippen molar-refractivity contribution in [1.29, 1.82) is 0 Å². The fourth-order valence-electron chi connectivity index (χ4n) is 2.75. The monoisotopic (exact) mass is 386 g/mol. The second-order valence-corrected chi connectivity index (χ2v) is 7.91. The van der Waals surface area contributed by atoms with Crippen LogP contribution in [0.3, 0.4) is 0 Å². The fourth-order valence-corrected chi connectivity index (χ4v) is 3.38. The molecule has 0 aliphatic carbocycles. The van der Waals surface area contributed by atoms with Crippen LogP contribution in [-0.2, 0) is 9.84 Å². The zero-order valence-electron chi connectivity index (χ0n) is 13.5. The number of hydrogen-bond donors (Lipinski definition) is 0. The summed E-state index contributed by atoms with van der Waals surface area (Å²) in [4.78, 5) is 0.0305. The van der Waals surface area contributed by atoms with Gasteiger partial charge in [-0.15, -0.1) is 0 Å². The zero-order chi connectivity index (χ0) is 19.1. The first-order valence-corrected chi connectivity index (χ1v) is 9.45. The summed E-state index contributed by atoms with van der Waals surface area (Å²) in [6.07, 6.45) is -4.11. The highest BCUT2D eigenvalue weighted by molar-refractivity contribution is 7.90. The van der Waals surface area contributed by atoms with Gasteiger partial charge in [-0.25, -0.2) is 12.8 Å². The molecule has 1 aliphatic heterocycles. The lowest BCUT2D eigenvalue weighted by molar-refractivity contribution is -0.0600. The number of rotatable bonds is 3. The molecule has 2 aromatic rings. The van der Waals surface area contributed by atoms with Crippen LogP contribution in [0.2, 0.25) is 0 Å². The van der Waals surface area contributed by atoms with E-state index in [4.69, 9.17) is 0 Å².